The predicted octanol–water partition coefficient (Wildman–Crippen LogP) is 7.59. The smallest absolute Gasteiger partial charge is 0.338 e. The molecule has 0 amide bonds. The maximum Gasteiger partial charge on any atom is 0.338 e. The summed E-state index contributed by atoms with van der Waals surface area (Å²) in [5.74, 6) is -0.721. The van der Waals surface area contributed by atoms with Gasteiger partial charge in [-0.2, -0.15) is 0 Å². The van der Waals surface area contributed by atoms with Crippen LogP contribution in [0, 0.1) is 0 Å². The number of ketones is 2. The number of hydrogen-bond acceptors (Lipinski definition) is 5. The number of hydrogen-bond donors (Lipinski definition) is 1. The maximum atomic E-state index is 12.3. The largest absolute Gasteiger partial charge is 0.462 e. The summed E-state index contributed by atoms with van der Waals surface area (Å²) in [6.07, 6.45) is 18.9. The molecule has 0 spiro atoms. The lowest BCUT2D eigenvalue weighted by atomic mass is 9.89. The van der Waals surface area contributed by atoms with Crippen LogP contribution in [0.1, 0.15) is 120 Å². The van der Waals surface area contributed by atoms with E-state index in [0.29, 0.717) is 36.3 Å². The molecule has 5 nitrogen and oxygen atoms in total. The van der Waals surface area contributed by atoms with E-state index in [2.05, 4.69) is 18.8 Å². The van der Waals surface area contributed by atoms with E-state index in [1.807, 2.05) is 0 Å². The van der Waals surface area contributed by atoms with Crippen molar-refractivity contribution < 1.29 is 19.1 Å². The van der Waals surface area contributed by atoms with E-state index >= 15 is 0 Å². The van der Waals surface area contributed by atoms with Crippen molar-refractivity contribution in [1.82, 2.24) is 0 Å². The molecule has 1 aromatic rings. The molecule has 0 heterocycles. The lowest BCUT2D eigenvalue weighted by Gasteiger charge is -2.23. The summed E-state index contributed by atoms with van der Waals surface area (Å²) in [7, 11) is 0. The Morgan fingerprint density at radius 2 is 1.34 bits per heavy atom. The van der Waals surface area contributed by atoms with E-state index in [1.165, 1.54) is 77.0 Å². The van der Waals surface area contributed by atoms with E-state index in [0.717, 1.165) is 12.8 Å². The number of nitrogens with one attached hydrogen (secondary N) is 1. The molecule has 194 valence electrons. The first-order chi connectivity index (χ1) is 17.0. The minimum atomic E-state index is -0.880. The van der Waals surface area contributed by atoms with Gasteiger partial charge < -0.3 is 10.1 Å². The number of rotatable bonds is 18. The summed E-state index contributed by atoms with van der Waals surface area (Å²) < 4.78 is 5.39. The van der Waals surface area contributed by atoms with Gasteiger partial charge in [0.2, 0.25) is 0 Å². The number of Topliss-reactive ketones (excluding diaryl/α,β-unsaturated/α-hetero) is 2. The van der Waals surface area contributed by atoms with Crippen molar-refractivity contribution in [2.24, 2.45) is 0 Å². The second kappa shape index (κ2) is 17.1. The van der Waals surface area contributed by atoms with Gasteiger partial charge in [-0.15, -0.1) is 0 Å². The molecule has 0 aliphatic heterocycles. The van der Waals surface area contributed by atoms with Gasteiger partial charge in [0.1, 0.15) is 6.04 Å². The summed E-state index contributed by atoms with van der Waals surface area (Å²) in [5.41, 5.74) is 1.56. The van der Waals surface area contributed by atoms with E-state index in [9.17, 15) is 14.4 Å². The SMILES string of the molecule is C=C1CCC(=O)C(Nc2ccc(C(=O)OCCCCCCCCCCCCCCCC)cc2)C1=O. The highest BCUT2D eigenvalue weighted by Crippen LogP contribution is 2.20. The predicted molar refractivity (Wildman–Crippen MR) is 143 cm³/mol. The Bertz CT molecular complexity index is 799. The summed E-state index contributed by atoms with van der Waals surface area (Å²) in [6, 6.07) is 5.82. The van der Waals surface area contributed by atoms with E-state index in [-0.39, 0.29) is 17.5 Å². The van der Waals surface area contributed by atoms with Crippen molar-refractivity contribution in [1.29, 1.82) is 0 Å². The van der Waals surface area contributed by atoms with Crippen LogP contribution in [0.4, 0.5) is 5.69 Å². The van der Waals surface area contributed by atoms with Gasteiger partial charge in [0.15, 0.2) is 11.6 Å². The number of carbonyl (C=O) groups excluding carboxylic acids is 3. The van der Waals surface area contributed by atoms with Gasteiger partial charge in [0, 0.05) is 12.1 Å². The first-order valence-corrected chi connectivity index (χ1v) is 13.8. The highest BCUT2D eigenvalue weighted by atomic mass is 16.5. The van der Waals surface area contributed by atoms with Crippen molar-refractivity contribution >= 4 is 23.2 Å². The van der Waals surface area contributed by atoms with Crippen molar-refractivity contribution in [2.75, 3.05) is 11.9 Å². The summed E-state index contributed by atoms with van der Waals surface area (Å²) in [6.45, 7) is 6.43. The van der Waals surface area contributed by atoms with E-state index in [1.54, 1.807) is 24.3 Å². The number of esters is 1. The Labute approximate surface area is 212 Å². The fraction of sp³-hybridized carbons (Fsp3) is 0.633. The topological polar surface area (TPSA) is 72.5 Å². The maximum absolute atomic E-state index is 12.3. The van der Waals surface area contributed by atoms with Gasteiger partial charge in [-0.05, 0) is 42.7 Å². The highest BCUT2D eigenvalue weighted by molar-refractivity contribution is 6.17. The molecule has 1 N–H and O–H groups in total. The first kappa shape index (κ1) is 28.8. The molecule has 0 aromatic heterocycles. The zero-order chi connectivity index (χ0) is 25.3. The molecular formula is C30H45NO4. The fourth-order valence-electron chi connectivity index (χ4n) is 4.45. The molecule has 1 fully saturated rings. The molecular weight excluding hydrogens is 438 g/mol. The fourth-order valence-corrected chi connectivity index (χ4v) is 4.45. The van der Waals surface area contributed by atoms with Crippen LogP contribution in [-0.4, -0.2) is 30.2 Å². The second-order valence-electron chi connectivity index (χ2n) is 9.82. The minimum absolute atomic E-state index is 0.126. The summed E-state index contributed by atoms with van der Waals surface area (Å²) in [4.78, 5) is 36.5. The van der Waals surface area contributed by atoms with Gasteiger partial charge in [0.25, 0.3) is 0 Å². The van der Waals surface area contributed by atoms with Gasteiger partial charge in [-0.1, -0.05) is 97.0 Å². The first-order valence-electron chi connectivity index (χ1n) is 13.8. The average Bonchev–Trinajstić information content (AvgIpc) is 2.86. The number of ether oxygens (including phenoxy) is 1. The molecule has 2 rings (SSSR count). The number of carbonyl (C=O) groups is 3. The number of unbranched alkanes of at least 4 members (excludes halogenated alkanes) is 13. The van der Waals surface area contributed by atoms with Gasteiger partial charge in [-0.3, -0.25) is 9.59 Å². The quantitative estimate of drug-likeness (QED) is 0.101. The molecule has 1 aliphatic carbocycles. The van der Waals surface area contributed by atoms with Crippen LogP contribution >= 0.6 is 0 Å². The van der Waals surface area contributed by atoms with Crippen LogP contribution in [-0.2, 0) is 14.3 Å². The molecule has 5 heteroatoms. The Morgan fingerprint density at radius 3 is 1.89 bits per heavy atom. The molecule has 1 unspecified atom stereocenters. The standard InChI is InChI=1S/C30H45NO4/c1-3-4-5-6-7-8-9-10-11-12-13-14-15-16-23-35-30(34)25-18-20-26(21-19-25)31-28-27(32)22-17-24(2)29(28)33/h18-21,28,31H,2-17,22-23H2,1H3. The van der Waals surface area contributed by atoms with E-state index < -0.39 is 6.04 Å². The molecule has 1 aromatic carbocycles. The zero-order valence-corrected chi connectivity index (χ0v) is 21.7. The van der Waals surface area contributed by atoms with Crippen LogP contribution in [0.25, 0.3) is 0 Å². The third-order valence-electron chi connectivity index (χ3n) is 6.77. The Balaban J connectivity index is 1.50. The van der Waals surface area contributed by atoms with Crippen molar-refractivity contribution in [3.05, 3.63) is 42.0 Å². The van der Waals surface area contributed by atoms with Crippen LogP contribution in [0.5, 0.6) is 0 Å². The van der Waals surface area contributed by atoms with Crippen molar-refractivity contribution in [2.45, 2.75) is 116 Å². The lowest BCUT2D eigenvalue weighted by molar-refractivity contribution is -0.128. The summed E-state index contributed by atoms with van der Waals surface area (Å²) >= 11 is 0. The summed E-state index contributed by atoms with van der Waals surface area (Å²) in [5, 5.41) is 2.96. The van der Waals surface area contributed by atoms with Crippen molar-refractivity contribution in [3.63, 3.8) is 0 Å². The molecule has 0 radical (unpaired) electrons. The second-order valence-corrected chi connectivity index (χ2v) is 9.82. The molecule has 1 atom stereocenters. The van der Waals surface area contributed by atoms with Gasteiger partial charge in [0.05, 0.1) is 12.2 Å². The zero-order valence-electron chi connectivity index (χ0n) is 21.7. The highest BCUT2D eigenvalue weighted by Gasteiger charge is 2.32. The molecule has 0 saturated heterocycles. The Kier molecular flexibility index (Phi) is 14.1. The normalized spacial score (nSPS) is 15.9. The third-order valence-corrected chi connectivity index (χ3v) is 6.77. The van der Waals surface area contributed by atoms with Gasteiger partial charge >= 0.3 is 5.97 Å². The van der Waals surface area contributed by atoms with Gasteiger partial charge in [-0.25, -0.2) is 4.79 Å². The van der Waals surface area contributed by atoms with Crippen molar-refractivity contribution in [3.8, 4) is 0 Å². The average molecular weight is 484 g/mol. The molecule has 0 bridgehead atoms. The number of benzene rings is 1. The van der Waals surface area contributed by atoms with E-state index in [4.69, 9.17) is 4.74 Å². The van der Waals surface area contributed by atoms with Crippen LogP contribution in [0.2, 0.25) is 0 Å². The minimum Gasteiger partial charge on any atom is -0.462 e. The third kappa shape index (κ3) is 11.2. The lowest BCUT2D eigenvalue weighted by Crippen LogP contribution is -2.41. The molecule has 1 aliphatic rings. The Hall–Kier alpha value is -2.43. The van der Waals surface area contributed by atoms with Crippen LogP contribution in [0.3, 0.4) is 0 Å². The monoisotopic (exact) mass is 483 g/mol. The molecule has 1 saturated carbocycles. The van der Waals surface area contributed by atoms with Crippen LogP contribution < -0.4 is 5.32 Å². The Morgan fingerprint density at radius 1 is 0.829 bits per heavy atom. The van der Waals surface area contributed by atoms with Crippen LogP contribution in [0.15, 0.2) is 36.4 Å². The number of anilines is 1. The molecule has 35 heavy (non-hydrogen) atoms.